The van der Waals surface area contributed by atoms with Crippen molar-refractivity contribution >= 4 is 62.3 Å². The molecule has 1 aliphatic heterocycles. The fourth-order valence-corrected chi connectivity index (χ4v) is 4.09. The number of carbonyl (C=O) groups is 2. The molecule has 0 spiro atoms. The highest BCUT2D eigenvalue weighted by Crippen LogP contribution is 2.32. The maximum Gasteiger partial charge on any atom is 0.289 e. The van der Waals surface area contributed by atoms with Gasteiger partial charge in [-0.15, -0.1) is 11.3 Å². The number of amidine groups is 1. The first kappa shape index (κ1) is 26.1. The van der Waals surface area contributed by atoms with E-state index in [0.29, 0.717) is 41.4 Å². The van der Waals surface area contributed by atoms with Crippen molar-refractivity contribution in [2.75, 3.05) is 29.6 Å². The molecular weight excluding hydrogens is 518 g/mol. The van der Waals surface area contributed by atoms with Crippen molar-refractivity contribution in [2.45, 2.75) is 0 Å². The number of hydrogen-bond donors (Lipinski definition) is 4. The first-order valence-electron chi connectivity index (χ1n) is 9.80. The van der Waals surface area contributed by atoms with E-state index in [1.54, 1.807) is 46.7 Å². The van der Waals surface area contributed by atoms with Crippen molar-refractivity contribution in [2.24, 2.45) is 5.73 Å². The maximum absolute atomic E-state index is 13.0. The standard InChI is InChI=1S/C20H16ClN5O3S.CH4O3S/c21-11-1-6-15(24-9-11)14-10-30-17(18(22)27)16(14)19(28)25-12-2-4-13(5-3-12)26-7-8-29-20(26)23;1-5(2,3)4/h1-6,9-10,23H,7-8H2,(H2,22,27)(H,25,28);1H3,(H,2,3,4). The lowest BCUT2D eigenvalue weighted by molar-refractivity contribution is 0.0981. The lowest BCUT2D eigenvalue weighted by Gasteiger charge is -2.15. The summed E-state index contributed by atoms with van der Waals surface area (Å²) >= 11 is 6.98. The topological polar surface area (TPSA) is 176 Å². The number of thiophene rings is 1. The van der Waals surface area contributed by atoms with Gasteiger partial charge in [0, 0.05) is 28.5 Å². The SMILES string of the molecule is CS(=O)(=O)O.N=C1OCCN1c1ccc(NC(=O)c2c(-c3ccc(Cl)cn3)csc2C(N)=O)cc1. The van der Waals surface area contributed by atoms with Gasteiger partial charge in [0.25, 0.3) is 28.0 Å². The Labute approximate surface area is 209 Å². The summed E-state index contributed by atoms with van der Waals surface area (Å²) in [5.74, 6) is -1.16. The highest BCUT2D eigenvalue weighted by Gasteiger charge is 2.24. The van der Waals surface area contributed by atoms with E-state index >= 15 is 0 Å². The van der Waals surface area contributed by atoms with Gasteiger partial charge in [-0.05, 0) is 36.4 Å². The molecule has 1 saturated heterocycles. The third kappa shape index (κ3) is 6.99. The molecule has 0 unspecified atom stereocenters. The second-order valence-corrected chi connectivity index (χ2v) is 9.90. The monoisotopic (exact) mass is 537 g/mol. The molecule has 0 bridgehead atoms. The number of anilines is 2. The Bertz CT molecular complexity index is 1350. The molecule has 0 radical (unpaired) electrons. The molecule has 14 heteroatoms. The fourth-order valence-electron chi connectivity index (χ4n) is 3.07. The van der Waals surface area contributed by atoms with E-state index in [9.17, 15) is 18.0 Å². The van der Waals surface area contributed by atoms with Crippen LogP contribution in [0, 0.1) is 5.41 Å². The number of benzene rings is 1. The number of ether oxygens (including phenoxy) is 1. The number of primary amides is 1. The van der Waals surface area contributed by atoms with Gasteiger partial charge in [-0.2, -0.15) is 8.42 Å². The maximum atomic E-state index is 13.0. The van der Waals surface area contributed by atoms with Gasteiger partial charge < -0.3 is 15.8 Å². The minimum absolute atomic E-state index is 0.0938. The van der Waals surface area contributed by atoms with Gasteiger partial charge in [0.2, 0.25) is 0 Å². The first-order chi connectivity index (χ1) is 16.4. The van der Waals surface area contributed by atoms with Crippen LogP contribution in [0.3, 0.4) is 0 Å². The van der Waals surface area contributed by atoms with Crippen LogP contribution in [0.1, 0.15) is 20.0 Å². The smallest absolute Gasteiger partial charge is 0.289 e. The highest BCUT2D eigenvalue weighted by molar-refractivity contribution is 7.85. The van der Waals surface area contributed by atoms with Crippen molar-refractivity contribution in [3.8, 4) is 11.3 Å². The summed E-state index contributed by atoms with van der Waals surface area (Å²) in [7, 11) is -3.67. The molecule has 1 aliphatic rings. The number of nitrogens with two attached hydrogens (primary N) is 1. The van der Waals surface area contributed by atoms with Gasteiger partial charge in [-0.25, -0.2) is 0 Å². The number of rotatable bonds is 5. The van der Waals surface area contributed by atoms with E-state index in [0.717, 1.165) is 17.0 Å². The minimum Gasteiger partial charge on any atom is -0.463 e. The summed E-state index contributed by atoms with van der Waals surface area (Å²) in [6, 6.07) is 10.4. The van der Waals surface area contributed by atoms with Gasteiger partial charge in [0.05, 0.1) is 29.1 Å². The van der Waals surface area contributed by atoms with E-state index in [4.69, 9.17) is 32.0 Å². The zero-order valence-electron chi connectivity index (χ0n) is 18.2. The number of halogens is 1. The summed E-state index contributed by atoms with van der Waals surface area (Å²) in [6.45, 7) is 1.06. The molecule has 0 aliphatic carbocycles. The molecule has 0 saturated carbocycles. The normalized spacial score (nSPS) is 13.0. The van der Waals surface area contributed by atoms with Gasteiger partial charge in [0.1, 0.15) is 11.5 Å². The molecule has 4 rings (SSSR count). The van der Waals surface area contributed by atoms with Crippen LogP contribution in [0.2, 0.25) is 5.02 Å². The van der Waals surface area contributed by atoms with Crippen molar-refractivity contribution in [3.63, 3.8) is 0 Å². The molecule has 35 heavy (non-hydrogen) atoms. The molecule has 1 fully saturated rings. The highest BCUT2D eigenvalue weighted by atomic mass is 35.5. The molecule has 3 aromatic rings. The molecule has 5 N–H and O–H groups in total. The van der Waals surface area contributed by atoms with Crippen LogP contribution < -0.4 is 16.0 Å². The van der Waals surface area contributed by atoms with Crippen molar-refractivity contribution in [1.29, 1.82) is 5.41 Å². The van der Waals surface area contributed by atoms with Crippen molar-refractivity contribution in [1.82, 2.24) is 4.98 Å². The molecule has 11 nitrogen and oxygen atoms in total. The number of nitrogens with one attached hydrogen (secondary N) is 2. The largest absolute Gasteiger partial charge is 0.463 e. The second kappa shape index (κ2) is 10.8. The summed E-state index contributed by atoms with van der Waals surface area (Å²) in [5, 5.41) is 12.7. The van der Waals surface area contributed by atoms with E-state index < -0.39 is 21.9 Å². The summed E-state index contributed by atoms with van der Waals surface area (Å²) in [6.07, 6.45) is 2.19. The third-order valence-electron chi connectivity index (χ3n) is 4.48. The van der Waals surface area contributed by atoms with Gasteiger partial charge >= 0.3 is 0 Å². The summed E-state index contributed by atoms with van der Waals surface area (Å²) < 4.78 is 31.0. The number of nitrogens with zero attached hydrogens (tertiary/aromatic N) is 2. The van der Waals surface area contributed by atoms with E-state index in [-0.39, 0.29) is 16.5 Å². The zero-order valence-corrected chi connectivity index (χ0v) is 20.6. The third-order valence-corrected chi connectivity index (χ3v) is 5.70. The van der Waals surface area contributed by atoms with Gasteiger partial charge in [0.15, 0.2) is 0 Å². The molecule has 1 aromatic carbocycles. The number of amides is 2. The fraction of sp³-hybridized carbons (Fsp3) is 0.143. The summed E-state index contributed by atoms with van der Waals surface area (Å²) in [5.41, 5.74) is 7.98. The Kier molecular flexibility index (Phi) is 8.07. The van der Waals surface area contributed by atoms with E-state index in [1.807, 2.05) is 0 Å². The van der Waals surface area contributed by atoms with E-state index in [2.05, 4.69) is 10.3 Å². The Morgan fingerprint density at radius 1 is 1.26 bits per heavy atom. The number of aromatic nitrogens is 1. The second-order valence-electron chi connectivity index (χ2n) is 7.12. The van der Waals surface area contributed by atoms with Crippen LogP contribution in [0.25, 0.3) is 11.3 Å². The molecule has 184 valence electrons. The molecule has 3 heterocycles. The van der Waals surface area contributed by atoms with Crippen LogP contribution in [-0.4, -0.2) is 55.2 Å². The lowest BCUT2D eigenvalue weighted by atomic mass is 10.1. The molecule has 2 amide bonds. The lowest BCUT2D eigenvalue weighted by Crippen LogP contribution is -2.24. The van der Waals surface area contributed by atoms with Crippen LogP contribution >= 0.6 is 22.9 Å². The van der Waals surface area contributed by atoms with Crippen LogP contribution in [0.4, 0.5) is 11.4 Å². The quantitative estimate of drug-likeness (QED) is 0.359. The summed E-state index contributed by atoms with van der Waals surface area (Å²) in [4.78, 5) is 31.0. The van der Waals surface area contributed by atoms with Gasteiger partial charge in [-0.3, -0.25) is 29.4 Å². The molecule has 2 aromatic heterocycles. The average molecular weight is 538 g/mol. The van der Waals surface area contributed by atoms with Crippen molar-refractivity contribution in [3.05, 3.63) is 63.4 Å². The Balaban J connectivity index is 0.000000623. The predicted octanol–water partition coefficient (Wildman–Crippen LogP) is 3.09. The number of hydrogen-bond acceptors (Lipinski definition) is 8. The Hall–Kier alpha value is -3.52. The minimum atomic E-state index is -3.67. The Morgan fingerprint density at radius 3 is 2.43 bits per heavy atom. The zero-order chi connectivity index (χ0) is 25.8. The van der Waals surface area contributed by atoms with Crippen LogP contribution in [0.5, 0.6) is 0 Å². The van der Waals surface area contributed by atoms with Gasteiger partial charge in [-0.1, -0.05) is 11.6 Å². The predicted molar refractivity (Wildman–Crippen MR) is 134 cm³/mol. The first-order valence-corrected chi connectivity index (χ1v) is 12.9. The number of carbonyl (C=O) groups excluding carboxylic acids is 2. The molecule has 0 atom stereocenters. The van der Waals surface area contributed by atoms with Crippen LogP contribution in [-0.2, 0) is 14.9 Å². The van der Waals surface area contributed by atoms with E-state index in [1.165, 1.54) is 6.20 Å². The van der Waals surface area contributed by atoms with Crippen molar-refractivity contribution < 1.29 is 27.3 Å². The Morgan fingerprint density at radius 2 is 1.91 bits per heavy atom. The molecular formula is C21H20ClN5O6S2. The average Bonchev–Trinajstić information content (AvgIpc) is 3.40. The number of pyridine rings is 1. The van der Waals surface area contributed by atoms with Crippen LogP contribution in [0.15, 0.2) is 48.0 Å².